The molecule has 1 fully saturated rings. The van der Waals surface area contributed by atoms with Crippen LogP contribution >= 0.6 is 21.6 Å². The highest BCUT2D eigenvalue weighted by Gasteiger charge is 2.38. The summed E-state index contributed by atoms with van der Waals surface area (Å²) in [6.07, 6.45) is 0.495. The number of aliphatic imine (C=N–C) groups is 1. The van der Waals surface area contributed by atoms with Crippen molar-refractivity contribution >= 4 is 98.4 Å². The van der Waals surface area contributed by atoms with Gasteiger partial charge < -0.3 is 92.0 Å². The zero-order valence-electron chi connectivity index (χ0n) is 49.1. The van der Waals surface area contributed by atoms with Crippen molar-refractivity contribution in [2.75, 3.05) is 31.3 Å². The molecular formula is C53H88N16O14S2. The molecule has 0 aliphatic carbocycles. The SMILES string of the molecule is CC[C@H](C)[C@H](NC(=O)[C@H](CCC(N)=O)NC(=O)[C@H](CO)NC(=O)[C@@H](NC(=O)[C@@H](N)Cc1ccccc1)[C@@H](C)CC)C(=O)N[C@H](C(=O)N[C@@H](CO)C(=O)N[C@H]1CSSC[C@@H](C(N)=O)NC(=O)[C@H](CCCN=C(N)N)NC(=O)[C@H](C)NC1=O)[C@@H](C)CC. The second-order valence-electron chi connectivity index (χ2n) is 20.8. The fraction of sp³-hybridized carbons (Fsp3) is 0.642. The Morgan fingerprint density at radius 2 is 1.11 bits per heavy atom. The van der Waals surface area contributed by atoms with Crippen LogP contribution in [-0.4, -0.2) is 185 Å². The van der Waals surface area contributed by atoms with E-state index in [1.807, 2.05) is 0 Å². The van der Waals surface area contributed by atoms with Gasteiger partial charge in [-0.25, -0.2) is 0 Å². The Labute approximate surface area is 502 Å². The van der Waals surface area contributed by atoms with Crippen molar-refractivity contribution in [3.05, 3.63) is 35.9 Å². The third-order valence-electron chi connectivity index (χ3n) is 14.1. The maximum atomic E-state index is 14.3. The first kappa shape index (κ1) is 73.8. The van der Waals surface area contributed by atoms with Crippen LogP contribution < -0.4 is 81.8 Å². The van der Waals surface area contributed by atoms with Crippen molar-refractivity contribution in [2.24, 2.45) is 51.4 Å². The predicted molar refractivity (Wildman–Crippen MR) is 318 cm³/mol. The van der Waals surface area contributed by atoms with E-state index in [9.17, 15) is 67.7 Å². The smallest absolute Gasteiger partial charge is 0.245 e. The molecule has 0 bridgehead atoms. The van der Waals surface area contributed by atoms with Crippen LogP contribution in [0.3, 0.4) is 0 Å². The molecular weight excluding hydrogens is 1150 g/mol. The fourth-order valence-corrected chi connectivity index (χ4v) is 10.5. The number of hydrogen-bond acceptors (Lipinski definition) is 18. The molecule has 12 amide bonds. The second kappa shape index (κ2) is 37.9. The first-order valence-electron chi connectivity index (χ1n) is 28.0. The molecule has 1 aromatic carbocycles. The number of aliphatic hydroxyl groups is 2. The Morgan fingerprint density at radius 3 is 1.61 bits per heavy atom. The number of amides is 12. The molecule has 0 aromatic heterocycles. The van der Waals surface area contributed by atoms with Crippen LogP contribution in [-0.2, 0) is 64.0 Å². The predicted octanol–water partition coefficient (Wildman–Crippen LogP) is -5.25. The number of primary amides is 2. The summed E-state index contributed by atoms with van der Waals surface area (Å²) in [5.41, 5.74) is 28.7. The fourth-order valence-electron chi connectivity index (χ4n) is 8.17. The first-order valence-corrected chi connectivity index (χ1v) is 30.5. The minimum Gasteiger partial charge on any atom is -0.394 e. The molecule has 1 saturated heterocycles. The van der Waals surface area contributed by atoms with E-state index in [4.69, 9.17) is 28.7 Å². The summed E-state index contributed by atoms with van der Waals surface area (Å²) in [5, 5.41) is 45.9. The number of nitrogens with one attached hydrogen (secondary N) is 10. The summed E-state index contributed by atoms with van der Waals surface area (Å²) in [4.78, 5) is 166. The largest absolute Gasteiger partial charge is 0.394 e. The molecule has 22 N–H and O–H groups in total. The molecule has 32 heteroatoms. The van der Waals surface area contributed by atoms with Crippen LogP contribution in [0.5, 0.6) is 0 Å². The van der Waals surface area contributed by atoms with Crippen LogP contribution in [0.1, 0.15) is 99.0 Å². The lowest BCUT2D eigenvalue weighted by molar-refractivity contribution is -0.137. The molecule has 1 heterocycles. The average Bonchev–Trinajstić information content (AvgIpc) is 3.60. The van der Waals surface area contributed by atoms with Crippen molar-refractivity contribution in [3.63, 3.8) is 0 Å². The van der Waals surface area contributed by atoms with Crippen LogP contribution in [0.25, 0.3) is 0 Å². The lowest BCUT2D eigenvalue weighted by atomic mass is 9.94. The zero-order valence-corrected chi connectivity index (χ0v) is 50.7. The van der Waals surface area contributed by atoms with E-state index >= 15 is 0 Å². The number of nitrogens with zero attached hydrogens (tertiary/aromatic N) is 1. The van der Waals surface area contributed by atoms with E-state index in [1.54, 1.807) is 71.9 Å². The molecule has 1 aromatic rings. The van der Waals surface area contributed by atoms with E-state index in [-0.39, 0.29) is 56.1 Å². The van der Waals surface area contributed by atoms with E-state index in [1.165, 1.54) is 6.92 Å². The van der Waals surface area contributed by atoms with Gasteiger partial charge in [-0.15, -0.1) is 0 Å². The summed E-state index contributed by atoms with van der Waals surface area (Å²) in [7, 11) is 2.01. The van der Waals surface area contributed by atoms with E-state index < -0.39 is 181 Å². The highest BCUT2D eigenvalue weighted by Crippen LogP contribution is 2.24. The molecule has 2 rings (SSSR count). The maximum Gasteiger partial charge on any atom is 0.245 e. The van der Waals surface area contributed by atoms with Crippen LogP contribution in [0, 0.1) is 17.8 Å². The van der Waals surface area contributed by atoms with Crippen LogP contribution in [0.4, 0.5) is 0 Å². The topological polar surface area (TPSA) is 508 Å². The molecule has 0 unspecified atom stereocenters. The third kappa shape index (κ3) is 25.4. The standard InChI is InChI=1S/C53H88N16O14S2/c1-8-26(4)39(67-44(75)31(54)21-30-15-12-11-13-16-30)50(81)63-34(22-70)47(78)62-33(18-19-38(55)72)46(77)68-41(28(6)10-3)52(83)69-40(27(5)9-2)51(82)64-35(23-71)48(79)66-37-25-85-84-24-36(42(56)73)65-45(76)32(17-14-20-59-53(57)58)61-43(74)29(7)60-49(37)80/h11-13,15-16,26-29,31-37,39-41,70-71H,8-10,14,17-25,54H2,1-7H3,(H2,55,72)(H2,56,73)(H,60,80)(H,61,74)(H,62,78)(H,63,81)(H,64,82)(H,65,76)(H,66,79)(H,67,75)(H,68,77)(H,69,83)(H4,57,58,59)/t26-,27-,28-,29-,31-,32-,33-,34-,35-,36-,37-,39-,40-,41-/m0/s1. The molecule has 0 saturated carbocycles. The van der Waals surface area contributed by atoms with Crippen LogP contribution in [0.15, 0.2) is 35.3 Å². The number of rotatable bonds is 32. The molecule has 30 nitrogen and oxygen atoms in total. The number of carbonyl (C=O) groups is 12. The molecule has 85 heavy (non-hydrogen) atoms. The van der Waals surface area contributed by atoms with Gasteiger partial charge in [0, 0.05) is 24.5 Å². The van der Waals surface area contributed by atoms with Crippen molar-refractivity contribution in [3.8, 4) is 0 Å². The highest BCUT2D eigenvalue weighted by molar-refractivity contribution is 8.76. The van der Waals surface area contributed by atoms with Crippen molar-refractivity contribution in [1.82, 2.24) is 53.2 Å². The normalized spacial score (nSPS) is 20.2. The Hall–Kier alpha value is -7.29. The Balaban J connectivity index is 2.33. The number of aliphatic hydroxyl groups excluding tert-OH is 2. The average molecular weight is 1240 g/mol. The second-order valence-corrected chi connectivity index (χ2v) is 23.4. The van der Waals surface area contributed by atoms with Crippen molar-refractivity contribution in [2.45, 2.75) is 166 Å². The molecule has 14 atom stereocenters. The monoisotopic (exact) mass is 1240 g/mol. The molecule has 476 valence electrons. The Kier molecular flexibility index (Phi) is 32.9. The highest BCUT2D eigenvalue weighted by atomic mass is 33.1. The Morgan fingerprint density at radius 1 is 0.624 bits per heavy atom. The van der Waals surface area contributed by atoms with Gasteiger partial charge in [-0.3, -0.25) is 62.5 Å². The van der Waals surface area contributed by atoms with Gasteiger partial charge in [-0.1, -0.05) is 113 Å². The number of benzene rings is 1. The number of guanidine groups is 1. The third-order valence-corrected chi connectivity index (χ3v) is 16.6. The molecule has 1 aliphatic heterocycles. The summed E-state index contributed by atoms with van der Waals surface area (Å²) < 4.78 is 0. The van der Waals surface area contributed by atoms with Gasteiger partial charge in [-0.2, -0.15) is 0 Å². The van der Waals surface area contributed by atoms with Gasteiger partial charge >= 0.3 is 0 Å². The van der Waals surface area contributed by atoms with E-state index in [2.05, 4.69) is 58.2 Å². The number of nitrogens with two attached hydrogens (primary N) is 5. The maximum absolute atomic E-state index is 14.3. The van der Waals surface area contributed by atoms with E-state index in [0.717, 1.165) is 27.2 Å². The summed E-state index contributed by atoms with van der Waals surface area (Å²) in [6, 6.07) is -6.35. The lowest BCUT2D eigenvalue weighted by Gasteiger charge is -2.31. The minimum absolute atomic E-state index is 0.0175. The van der Waals surface area contributed by atoms with Gasteiger partial charge in [0.2, 0.25) is 70.9 Å². The van der Waals surface area contributed by atoms with Gasteiger partial charge in [-0.05, 0) is 55.9 Å². The first-order chi connectivity index (χ1) is 40.1. The van der Waals surface area contributed by atoms with Crippen molar-refractivity contribution in [1.29, 1.82) is 0 Å². The van der Waals surface area contributed by atoms with Crippen molar-refractivity contribution < 1.29 is 67.7 Å². The summed E-state index contributed by atoms with van der Waals surface area (Å²) in [5.74, 6) is -13.0. The number of carbonyl (C=O) groups excluding carboxylic acids is 12. The molecule has 0 radical (unpaired) electrons. The quantitative estimate of drug-likeness (QED) is 0.0139. The Bertz CT molecular complexity index is 2480. The summed E-state index contributed by atoms with van der Waals surface area (Å²) >= 11 is 0. The molecule has 0 spiro atoms. The van der Waals surface area contributed by atoms with E-state index in [0.29, 0.717) is 6.42 Å². The van der Waals surface area contributed by atoms with Gasteiger partial charge in [0.1, 0.15) is 60.4 Å². The van der Waals surface area contributed by atoms with Gasteiger partial charge in [0.25, 0.3) is 0 Å². The summed E-state index contributed by atoms with van der Waals surface area (Å²) in [6.45, 7) is 9.52. The van der Waals surface area contributed by atoms with Gasteiger partial charge in [0.15, 0.2) is 5.96 Å². The van der Waals surface area contributed by atoms with Crippen LogP contribution in [0.2, 0.25) is 0 Å². The van der Waals surface area contributed by atoms with Gasteiger partial charge in [0.05, 0.1) is 19.3 Å². The zero-order chi connectivity index (χ0) is 64.1. The molecule has 1 aliphatic rings. The number of hydrogen-bond donors (Lipinski definition) is 17. The lowest BCUT2D eigenvalue weighted by Crippen LogP contribution is -2.63. The minimum atomic E-state index is -1.74.